The van der Waals surface area contributed by atoms with Crippen LogP contribution in [0.2, 0.25) is 5.15 Å². The normalized spacial score (nSPS) is 16.7. The molecule has 2 heterocycles. The van der Waals surface area contributed by atoms with Crippen LogP contribution >= 0.6 is 11.6 Å². The molecule has 1 amide bonds. The summed E-state index contributed by atoms with van der Waals surface area (Å²) in [7, 11) is 0. The quantitative estimate of drug-likeness (QED) is 0.840. The highest BCUT2D eigenvalue weighted by molar-refractivity contribution is 6.29. The Morgan fingerprint density at radius 3 is 2.48 bits per heavy atom. The molecule has 0 N–H and O–H groups in total. The number of carbonyl (C=O) groups is 1. The van der Waals surface area contributed by atoms with Gasteiger partial charge in [-0.05, 0) is 26.8 Å². The second-order valence-corrected chi connectivity index (χ2v) is 6.37. The summed E-state index contributed by atoms with van der Waals surface area (Å²) in [5, 5.41) is 7.93. The van der Waals surface area contributed by atoms with Gasteiger partial charge in [-0.2, -0.15) is 0 Å². The van der Waals surface area contributed by atoms with Crippen molar-refractivity contribution in [2.45, 2.75) is 45.3 Å². The lowest BCUT2D eigenvalue weighted by molar-refractivity contribution is 0.0122. The van der Waals surface area contributed by atoms with Gasteiger partial charge >= 0.3 is 6.09 Å². The van der Waals surface area contributed by atoms with Crippen molar-refractivity contribution in [3.8, 4) is 5.88 Å². The third-order valence-electron chi connectivity index (χ3n) is 2.99. The zero-order valence-electron chi connectivity index (χ0n) is 12.5. The Bertz CT molecular complexity index is 479. The predicted molar refractivity (Wildman–Crippen MR) is 78.5 cm³/mol. The lowest BCUT2D eigenvalue weighted by Crippen LogP contribution is -2.44. The third-order valence-corrected chi connectivity index (χ3v) is 3.19. The van der Waals surface area contributed by atoms with E-state index in [2.05, 4.69) is 10.2 Å². The van der Waals surface area contributed by atoms with Crippen molar-refractivity contribution in [1.82, 2.24) is 15.1 Å². The van der Waals surface area contributed by atoms with Gasteiger partial charge in [0.2, 0.25) is 5.88 Å². The minimum atomic E-state index is -0.469. The number of rotatable bonds is 2. The minimum absolute atomic E-state index is 0.0270. The number of hydrogen-bond donors (Lipinski definition) is 0. The summed E-state index contributed by atoms with van der Waals surface area (Å²) >= 11 is 5.67. The van der Waals surface area contributed by atoms with E-state index >= 15 is 0 Å². The number of carbonyl (C=O) groups excluding carboxylic acids is 1. The topological polar surface area (TPSA) is 64.5 Å². The molecule has 21 heavy (non-hydrogen) atoms. The number of nitrogens with zero attached hydrogens (tertiary/aromatic N) is 3. The van der Waals surface area contributed by atoms with E-state index in [1.54, 1.807) is 17.0 Å². The fourth-order valence-corrected chi connectivity index (χ4v) is 2.12. The molecule has 0 unspecified atom stereocenters. The summed E-state index contributed by atoms with van der Waals surface area (Å²) in [5.41, 5.74) is -0.469. The number of aromatic nitrogens is 2. The average Bonchev–Trinajstić information content (AvgIpc) is 2.40. The molecule has 0 bridgehead atoms. The van der Waals surface area contributed by atoms with Crippen LogP contribution in [0, 0.1) is 0 Å². The maximum absolute atomic E-state index is 11.9. The van der Waals surface area contributed by atoms with Crippen molar-refractivity contribution in [2.24, 2.45) is 0 Å². The van der Waals surface area contributed by atoms with Crippen molar-refractivity contribution in [1.29, 1.82) is 0 Å². The average molecular weight is 314 g/mol. The Hall–Kier alpha value is -1.56. The van der Waals surface area contributed by atoms with Gasteiger partial charge in [0.25, 0.3) is 0 Å². The Balaban J connectivity index is 1.80. The first-order chi connectivity index (χ1) is 9.83. The van der Waals surface area contributed by atoms with Crippen LogP contribution in [0.1, 0.15) is 33.6 Å². The van der Waals surface area contributed by atoms with E-state index in [4.69, 9.17) is 21.1 Å². The zero-order valence-corrected chi connectivity index (χ0v) is 13.3. The van der Waals surface area contributed by atoms with Gasteiger partial charge in [0.1, 0.15) is 11.7 Å². The Morgan fingerprint density at radius 1 is 1.29 bits per heavy atom. The van der Waals surface area contributed by atoms with Gasteiger partial charge in [0.15, 0.2) is 5.15 Å². The molecule has 1 aromatic heterocycles. The molecule has 1 aliphatic heterocycles. The highest BCUT2D eigenvalue weighted by atomic mass is 35.5. The van der Waals surface area contributed by atoms with E-state index in [1.807, 2.05) is 20.8 Å². The van der Waals surface area contributed by atoms with E-state index in [0.29, 0.717) is 24.1 Å². The van der Waals surface area contributed by atoms with Gasteiger partial charge in [-0.25, -0.2) is 4.79 Å². The van der Waals surface area contributed by atoms with Gasteiger partial charge in [0, 0.05) is 32.0 Å². The molecule has 0 saturated carbocycles. The Kier molecular flexibility index (Phi) is 4.88. The van der Waals surface area contributed by atoms with Gasteiger partial charge in [0.05, 0.1) is 0 Å². The van der Waals surface area contributed by atoms with Crippen LogP contribution in [0.5, 0.6) is 5.88 Å². The highest BCUT2D eigenvalue weighted by Gasteiger charge is 2.27. The molecule has 0 spiro atoms. The van der Waals surface area contributed by atoms with Gasteiger partial charge in [-0.1, -0.05) is 11.6 Å². The standard InChI is InChI=1S/C14H20ClN3O3/c1-14(2,3)21-13(19)18-8-6-10(7-9-18)20-12-5-4-11(15)16-17-12/h4-5,10H,6-9H2,1-3H3. The maximum Gasteiger partial charge on any atom is 0.410 e. The molecule has 1 aliphatic rings. The molecule has 0 radical (unpaired) electrons. The predicted octanol–water partition coefficient (Wildman–Crippen LogP) is 2.91. The second kappa shape index (κ2) is 6.47. The van der Waals surface area contributed by atoms with Crippen molar-refractivity contribution in [2.75, 3.05) is 13.1 Å². The molecule has 0 aromatic carbocycles. The molecule has 6 nitrogen and oxygen atoms in total. The number of amides is 1. The number of piperidine rings is 1. The molecule has 0 atom stereocenters. The summed E-state index contributed by atoms with van der Waals surface area (Å²) in [4.78, 5) is 13.6. The number of likely N-dealkylation sites (tertiary alicyclic amines) is 1. The first-order valence-corrected chi connectivity index (χ1v) is 7.35. The van der Waals surface area contributed by atoms with Crippen LogP contribution in [0.15, 0.2) is 12.1 Å². The van der Waals surface area contributed by atoms with E-state index in [0.717, 1.165) is 12.8 Å². The Morgan fingerprint density at radius 2 is 1.95 bits per heavy atom. The lowest BCUT2D eigenvalue weighted by atomic mass is 10.1. The number of halogens is 1. The SMILES string of the molecule is CC(C)(C)OC(=O)N1CCC(Oc2ccc(Cl)nn2)CC1. The molecule has 116 valence electrons. The van der Waals surface area contributed by atoms with Crippen molar-refractivity contribution >= 4 is 17.7 Å². The summed E-state index contributed by atoms with van der Waals surface area (Å²) in [6.45, 7) is 6.81. The molecule has 1 saturated heterocycles. The van der Waals surface area contributed by atoms with E-state index in [-0.39, 0.29) is 12.2 Å². The summed E-state index contributed by atoms with van der Waals surface area (Å²) in [6, 6.07) is 3.33. The van der Waals surface area contributed by atoms with Crippen LogP contribution in [0.3, 0.4) is 0 Å². The molecule has 1 fully saturated rings. The minimum Gasteiger partial charge on any atom is -0.473 e. The largest absolute Gasteiger partial charge is 0.473 e. The van der Waals surface area contributed by atoms with Crippen LogP contribution in [-0.2, 0) is 4.74 Å². The number of hydrogen-bond acceptors (Lipinski definition) is 5. The van der Waals surface area contributed by atoms with E-state index in [9.17, 15) is 4.79 Å². The first-order valence-electron chi connectivity index (χ1n) is 6.97. The number of ether oxygens (including phenoxy) is 2. The van der Waals surface area contributed by atoms with Crippen LogP contribution in [0.25, 0.3) is 0 Å². The second-order valence-electron chi connectivity index (χ2n) is 5.98. The van der Waals surface area contributed by atoms with Gasteiger partial charge < -0.3 is 14.4 Å². The molecule has 2 rings (SSSR count). The molecular formula is C14H20ClN3O3. The van der Waals surface area contributed by atoms with E-state index < -0.39 is 5.60 Å². The molecule has 1 aromatic rings. The summed E-state index contributed by atoms with van der Waals surface area (Å²) in [5.74, 6) is 0.454. The monoisotopic (exact) mass is 313 g/mol. The van der Waals surface area contributed by atoms with Crippen molar-refractivity contribution in [3.63, 3.8) is 0 Å². The van der Waals surface area contributed by atoms with Crippen molar-refractivity contribution in [3.05, 3.63) is 17.3 Å². The highest BCUT2D eigenvalue weighted by Crippen LogP contribution is 2.19. The third kappa shape index (κ3) is 5.04. The zero-order chi connectivity index (χ0) is 15.5. The van der Waals surface area contributed by atoms with Gasteiger partial charge in [-0.15, -0.1) is 10.2 Å². The van der Waals surface area contributed by atoms with Crippen LogP contribution in [0.4, 0.5) is 4.79 Å². The van der Waals surface area contributed by atoms with Gasteiger partial charge in [-0.3, -0.25) is 0 Å². The summed E-state index contributed by atoms with van der Waals surface area (Å²) in [6.07, 6.45) is 1.24. The van der Waals surface area contributed by atoms with Crippen LogP contribution in [-0.4, -0.2) is 46.0 Å². The smallest absolute Gasteiger partial charge is 0.410 e. The fraction of sp³-hybridized carbons (Fsp3) is 0.643. The summed E-state index contributed by atoms with van der Waals surface area (Å²) < 4.78 is 11.1. The fourth-order valence-electron chi connectivity index (χ4n) is 2.02. The Labute approximate surface area is 129 Å². The van der Waals surface area contributed by atoms with E-state index in [1.165, 1.54) is 0 Å². The first kappa shape index (κ1) is 15.8. The molecular weight excluding hydrogens is 294 g/mol. The molecule has 0 aliphatic carbocycles. The maximum atomic E-state index is 11.9. The molecule has 7 heteroatoms. The van der Waals surface area contributed by atoms with Crippen LogP contribution < -0.4 is 4.74 Å². The van der Waals surface area contributed by atoms with Crippen molar-refractivity contribution < 1.29 is 14.3 Å². The lowest BCUT2D eigenvalue weighted by Gasteiger charge is -2.33.